The maximum atomic E-state index is 12.5. The Morgan fingerprint density at radius 3 is 2.05 bits per heavy atom. The van der Waals surface area contributed by atoms with E-state index < -0.39 is 0 Å². The molecule has 4 aliphatic rings. The maximum Gasteiger partial charge on any atom is 0.254 e. The van der Waals surface area contributed by atoms with E-state index in [4.69, 9.17) is 0 Å². The monoisotopic (exact) mass is 280 g/mol. The number of allylic oxidation sites excluding steroid dienone is 2. The van der Waals surface area contributed by atoms with E-state index in [1.807, 2.05) is 30.3 Å². The van der Waals surface area contributed by atoms with Crippen LogP contribution in [0.5, 0.6) is 0 Å². The van der Waals surface area contributed by atoms with Crippen molar-refractivity contribution in [2.24, 2.45) is 28.8 Å². The standard InChI is InChI=1S/C17H16N2O2/c20-16-14-12-6-7-13(9-8-12)15(14)17(21)19(16)18-10-11-4-2-1-3-5-11/h1-7,10,12-15H,8-9H2/b18-10-/t12-,13-,14+,15+/m1/s1. The van der Waals surface area contributed by atoms with Crippen molar-refractivity contribution in [3.8, 4) is 0 Å². The summed E-state index contributed by atoms with van der Waals surface area (Å²) in [6.07, 6.45) is 7.84. The smallest absolute Gasteiger partial charge is 0.254 e. The molecule has 5 rings (SSSR count). The first-order valence-corrected chi connectivity index (χ1v) is 7.41. The molecule has 0 aromatic heterocycles. The highest BCUT2D eigenvalue weighted by Gasteiger charge is 2.56. The molecule has 2 bridgehead atoms. The highest BCUT2D eigenvalue weighted by molar-refractivity contribution is 6.06. The molecule has 1 heterocycles. The van der Waals surface area contributed by atoms with Gasteiger partial charge in [-0.15, -0.1) is 0 Å². The Bertz CT molecular complexity index is 618. The van der Waals surface area contributed by atoms with Crippen molar-refractivity contribution in [2.75, 3.05) is 0 Å². The molecule has 2 fully saturated rings. The van der Waals surface area contributed by atoms with E-state index in [-0.39, 0.29) is 35.5 Å². The summed E-state index contributed by atoms with van der Waals surface area (Å²) >= 11 is 0. The van der Waals surface area contributed by atoms with Gasteiger partial charge >= 0.3 is 0 Å². The molecule has 106 valence electrons. The molecular formula is C17H16N2O2. The second-order valence-electron chi connectivity index (χ2n) is 5.99. The average Bonchev–Trinajstić information content (AvgIpc) is 2.81. The third kappa shape index (κ3) is 1.86. The number of carbonyl (C=O) groups excluding carboxylic acids is 2. The van der Waals surface area contributed by atoms with Gasteiger partial charge in [-0.05, 0) is 30.2 Å². The molecule has 0 radical (unpaired) electrons. The van der Waals surface area contributed by atoms with Crippen LogP contribution in [0.15, 0.2) is 47.6 Å². The van der Waals surface area contributed by atoms with Crippen molar-refractivity contribution in [3.63, 3.8) is 0 Å². The van der Waals surface area contributed by atoms with E-state index in [2.05, 4.69) is 17.3 Å². The third-order valence-corrected chi connectivity index (χ3v) is 4.86. The van der Waals surface area contributed by atoms with Gasteiger partial charge in [0.15, 0.2) is 0 Å². The predicted octanol–water partition coefficient (Wildman–Crippen LogP) is 2.22. The second-order valence-corrected chi connectivity index (χ2v) is 5.99. The largest absolute Gasteiger partial charge is 0.272 e. The molecule has 1 aliphatic heterocycles. The fourth-order valence-electron chi connectivity index (χ4n) is 3.84. The Labute approximate surface area is 123 Å². The lowest BCUT2D eigenvalue weighted by Gasteiger charge is -2.37. The normalized spacial score (nSPS) is 34.0. The van der Waals surface area contributed by atoms with Crippen LogP contribution in [0.25, 0.3) is 0 Å². The number of fused-ring (bicyclic) bond motifs is 1. The Morgan fingerprint density at radius 2 is 1.52 bits per heavy atom. The van der Waals surface area contributed by atoms with E-state index in [9.17, 15) is 9.59 Å². The lowest BCUT2D eigenvalue weighted by molar-refractivity contribution is -0.140. The number of hydrogen-bond acceptors (Lipinski definition) is 3. The minimum atomic E-state index is -0.186. The number of benzene rings is 1. The first kappa shape index (κ1) is 12.5. The maximum absolute atomic E-state index is 12.5. The Morgan fingerprint density at radius 1 is 0.952 bits per heavy atom. The molecule has 0 spiro atoms. The summed E-state index contributed by atoms with van der Waals surface area (Å²) in [4.78, 5) is 25.0. The van der Waals surface area contributed by atoms with E-state index in [0.717, 1.165) is 23.4 Å². The Hall–Kier alpha value is -2.23. The van der Waals surface area contributed by atoms with Crippen LogP contribution in [-0.2, 0) is 9.59 Å². The van der Waals surface area contributed by atoms with Crippen molar-refractivity contribution in [2.45, 2.75) is 12.8 Å². The van der Waals surface area contributed by atoms with Crippen LogP contribution in [0, 0.1) is 23.7 Å². The van der Waals surface area contributed by atoms with Gasteiger partial charge in [0.05, 0.1) is 18.1 Å². The number of carbonyl (C=O) groups is 2. The van der Waals surface area contributed by atoms with E-state index >= 15 is 0 Å². The summed E-state index contributed by atoms with van der Waals surface area (Å²) in [5.74, 6) is -0.197. The fraction of sp³-hybridized carbons (Fsp3) is 0.353. The molecule has 1 saturated carbocycles. The third-order valence-electron chi connectivity index (χ3n) is 4.86. The number of nitrogens with zero attached hydrogens (tertiary/aromatic N) is 2. The average molecular weight is 280 g/mol. The van der Waals surface area contributed by atoms with Crippen LogP contribution >= 0.6 is 0 Å². The molecule has 4 heteroatoms. The van der Waals surface area contributed by atoms with Crippen LogP contribution in [0.2, 0.25) is 0 Å². The predicted molar refractivity (Wildman–Crippen MR) is 78.2 cm³/mol. The molecule has 0 N–H and O–H groups in total. The number of hydrogen-bond donors (Lipinski definition) is 0. The van der Waals surface area contributed by atoms with E-state index in [0.29, 0.717) is 0 Å². The van der Waals surface area contributed by atoms with Gasteiger partial charge in [0.2, 0.25) is 0 Å². The molecule has 1 aromatic carbocycles. The fourth-order valence-corrected chi connectivity index (χ4v) is 3.84. The number of amides is 2. The topological polar surface area (TPSA) is 49.7 Å². The van der Waals surface area contributed by atoms with E-state index in [1.54, 1.807) is 6.21 Å². The zero-order chi connectivity index (χ0) is 14.4. The van der Waals surface area contributed by atoms with Crippen LogP contribution in [-0.4, -0.2) is 23.0 Å². The Balaban J connectivity index is 1.62. The van der Waals surface area contributed by atoms with Crippen LogP contribution in [0.4, 0.5) is 0 Å². The van der Waals surface area contributed by atoms with Crippen LogP contribution < -0.4 is 0 Å². The number of imide groups is 1. The lowest BCUT2D eigenvalue weighted by Crippen LogP contribution is -2.38. The first-order chi connectivity index (χ1) is 10.3. The minimum Gasteiger partial charge on any atom is -0.272 e. The molecule has 1 aromatic rings. The zero-order valence-electron chi connectivity index (χ0n) is 11.6. The van der Waals surface area contributed by atoms with Gasteiger partial charge in [0.25, 0.3) is 11.8 Å². The van der Waals surface area contributed by atoms with Gasteiger partial charge in [-0.1, -0.05) is 42.5 Å². The summed E-state index contributed by atoms with van der Waals surface area (Å²) in [6, 6.07) is 9.51. The zero-order valence-corrected chi connectivity index (χ0v) is 11.6. The van der Waals surface area contributed by atoms with Gasteiger partial charge in [-0.2, -0.15) is 10.1 Å². The molecule has 4 nitrogen and oxygen atoms in total. The second kappa shape index (κ2) is 4.65. The highest BCUT2D eigenvalue weighted by atomic mass is 16.2. The lowest BCUT2D eigenvalue weighted by atomic mass is 9.63. The molecule has 3 aliphatic carbocycles. The molecule has 21 heavy (non-hydrogen) atoms. The van der Waals surface area contributed by atoms with Crippen molar-refractivity contribution in [3.05, 3.63) is 48.0 Å². The van der Waals surface area contributed by atoms with Gasteiger partial charge in [-0.25, -0.2) is 0 Å². The quantitative estimate of drug-likeness (QED) is 0.474. The molecule has 0 unspecified atom stereocenters. The van der Waals surface area contributed by atoms with Crippen molar-refractivity contribution < 1.29 is 9.59 Å². The van der Waals surface area contributed by atoms with Crippen LogP contribution in [0.3, 0.4) is 0 Å². The molecule has 4 atom stereocenters. The molecular weight excluding hydrogens is 264 g/mol. The van der Waals surface area contributed by atoms with Crippen molar-refractivity contribution in [1.82, 2.24) is 5.01 Å². The number of hydrazone groups is 1. The number of rotatable bonds is 2. The minimum absolute atomic E-state index is 0.128. The summed E-state index contributed by atoms with van der Waals surface area (Å²) in [7, 11) is 0. The van der Waals surface area contributed by atoms with Crippen LogP contribution in [0.1, 0.15) is 18.4 Å². The first-order valence-electron chi connectivity index (χ1n) is 7.41. The van der Waals surface area contributed by atoms with Crippen molar-refractivity contribution >= 4 is 18.0 Å². The molecule has 1 saturated heterocycles. The summed E-state index contributed by atoms with van der Waals surface area (Å²) in [5.41, 5.74) is 0.883. The highest BCUT2D eigenvalue weighted by Crippen LogP contribution is 2.49. The molecule has 2 amide bonds. The van der Waals surface area contributed by atoms with Gasteiger partial charge in [0.1, 0.15) is 0 Å². The van der Waals surface area contributed by atoms with Gasteiger partial charge in [-0.3, -0.25) is 9.59 Å². The van der Waals surface area contributed by atoms with E-state index in [1.165, 1.54) is 0 Å². The SMILES string of the molecule is O=C1[C@@H]2[C@@H](C(=O)N1/N=C\c1ccccc1)[C@@H]1C=C[C@@H]2CC1. The summed E-state index contributed by atoms with van der Waals surface area (Å²) < 4.78 is 0. The van der Waals surface area contributed by atoms with Gasteiger partial charge in [0, 0.05) is 0 Å². The Kier molecular flexibility index (Phi) is 2.77. The summed E-state index contributed by atoms with van der Waals surface area (Å²) in [6.45, 7) is 0. The summed E-state index contributed by atoms with van der Waals surface area (Å²) in [5, 5.41) is 5.26. The van der Waals surface area contributed by atoms with Gasteiger partial charge < -0.3 is 0 Å². The van der Waals surface area contributed by atoms with Crippen molar-refractivity contribution in [1.29, 1.82) is 0 Å².